The molecule has 102 valence electrons. The summed E-state index contributed by atoms with van der Waals surface area (Å²) in [6, 6.07) is 8.90. The predicted octanol–water partition coefficient (Wildman–Crippen LogP) is 3.32. The maximum absolute atomic E-state index is 3.49. The Bertz CT molecular complexity index is 314. The number of benzene rings is 1. The molecule has 0 aliphatic carbocycles. The van der Waals surface area contributed by atoms with Crippen molar-refractivity contribution in [3.05, 3.63) is 29.8 Å². The Morgan fingerprint density at radius 2 is 1.72 bits per heavy atom. The van der Waals surface area contributed by atoms with Crippen LogP contribution in [0.25, 0.3) is 0 Å². The molecule has 0 unspecified atom stereocenters. The third kappa shape index (κ3) is 6.06. The van der Waals surface area contributed by atoms with Gasteiger partial charge in [0, 0.05) is 19.8 Å². The zero-order valence-electron chi connectivity index (χ0n) is 12.4. The van der Waals surface area contributed by atoms with Gasteiger partial charge in [0.25, 0.3) is 0 Å². The summed E-state index contributed by atoms with van der Waals surface area (Å²) in [5.74, 6) is 0.753. The second-order valence-electron chi connectivity index (χ2n) is 5.62. The average Bonchev–Trinajstić information content (AvgIpc) is 2.34. The van der Waals surface area contributed by atoms with Crippen molar-refractivity contribution in [2.75, 3.05) is 32.1 Å². The van der Waals surface area contributed by atoms with Crippen LogP contribution in [0.5, 0.6) is 0 Å². The van der Waals surface area contributed by atoms with Crippen LogP contribution in [0.2, 0.25) is 0 Å². The smallest absolute Gasteiger partial charge is 0.0361 e. The fraction of sp³-hybridized carbons (Fsp3) is 0.625. The molecule has 0 fully saturated rings. The topological polar surface area (TPSA) is 15.3 Å². The summed E-state index contributed by atoms with van der Waals surface area (Å²) < 4.78 is 0. The summed E-state index contributed by atoms with van der Waals surface area (Å²) in [4.78, 5) is 2.14. The van der Waals surface area contributed by atoms with Crippen LogP contribution in [0.3, 0.4) is 0 Å². The Balaban J connectivity index is 2.15. The molecule has 1 aromatic rings. The van der Waals surface area contributed by atoms with E-state index in [0.717, 1.165) is 19.0 Å². The van der Waals surface area contributed by atoms with Gasteiger partial charge in [-0.05, 0) is 56.0 Å². The van der Waals surface area contributed by atoms with E-state index in [1.165, 1.54) is 30.5 Å². The Labute approximate surface area is 112 Å². The van der Waals surface area contributed by atoms with Crippen molar-refractivity contribution in [3.8, 4) is 0 Å². The number of rotatable bonds is 8. The highest BCUT2D eigenvalue weighted by atomic mass is 15.1. The zero-order valence-corrected chi connectivity index (χ0v) is 12.4. The zero-order chi connectivity index (χ0) is 13.4. The van der Waals surface area contributed by atoms with E-state index in [2.05, 4.69) is 62.4 Å². The third-order valence-corrected chi connectivity index (χ3v) is 3.07. The maximum Gasteiger partial charge on any atom is 0.0361 e. The maximum atomic E-state index is 3.49. The normalized spacial score (nSPS) is 10.9. The molecule has 2 heteroatoms. The lowest BCUT2D eigenvalue weighted by Gasteiger charge is -2.12. The standard InChI is InChI=1S/C16H28N2/c1-14(2)13-17-12-6-5-7-15-8-10-16(11-9-15)18(3)4/h8-11,14,17H,5-7,12-13H2,1-4H3. The number of nitrogens with one attached hydrogen (secondary N) is 1. The number of hydrogen-bond donors (Lipinski definition) is 1. The number of unbranched alkanes of at least 4 members (excludes halogenated alkanes) is 1. The fourth-order valence-corrected chi connectivity index (χ4v) is 1.93. The molecule has 0 aliphatic heterocycles. The first-order chi connectivity index (χ1) is 8.59. The molecule has 1 rings (SSSR count). The van der Waals surface area contributed by atoms with Crippen LogP contribution < -0.4 is 10.2 Å². The van der Waals surface area contributed by atoms with Crippen molar-refractivity contribution < 1.29 is 0 Å². The highest BCUT2D eigenvalue weighted by Gasteiger charge is 1.97. The Morgan fingerprint density at radius 3 is 2.28 bits per heavy atom. The van der Waals surface area contributed by atoms with Crippen LogP contribution in [0.15, 0.2) is 24.3 Å². The summed E-state index contributed by atoms with van der Waals surface area (Å²) in [6.07, 6.45) is 3.73. The van der Waals surface area contributed by atoms with E-state index in [0.29, 0.717) is 0 Å². The van der Waals surface area contributed by atoms with Crippen molar-refractivity contribution in [2.24, 2.45) is 5.92 Å². The van der Waals surface area contributed by atoms with Gasteiger partial charge in [0.05, 0.1) is 0 Å². The predicted molar refractivity (Wildman–Crippen MR) is 81.4 cm³/mol. The molecule has 0 heterocycles. The van der Waals surface area contributed by atoms with Gasteiger partial charge in [-0.25, -0.2) is 0 Å². The van der Waals surface area contributed by atoms with Crippen LogP contribution in [0.4, 0.5) is 5.69 Å². The second-order valence-corrected chi connectivity index (χ2v) is 5.62. The van der Waals surface area contributed by atoms with E-state index in [1.54, 1.807) is 0 Å². The SMILES string of the molecule is CC(C)CNCCCCc1ccc(N(C)C)cc1. The highest BCUT2D eigenvalue weighted by molar-refractivity contribution is 5.45. The van der Waals surface area contributed by atoms with E-state index in [-0.39, 0.29) is 0 Å². The molecule has 0 atom stereocenters. The molecule has 0 spiro atoms. The minimum Gasteiger partial charge on any atom is -0.378 e. The molecular weight excluding hydrogens is 220 g/mol. The molecule has 0 bridgehead atoms. The van der Waals surface area contributed by atoms with Gasteiger partial charge in [0.1, 0.15) is 0 Å². The lowest BCUT2D eigenvalue weighted by atomic mass is 10.1. The first-order valence-electron chi connectivity index (χ1n) is 7.06. The van der Waals surface area contributed by atoms with Gasteiger partial charge >= 0.3 is 0 Å². The molecule has 0 aliphatic rings. The molecule has 0 radical (unpaired) electrons. The molecular formula is C16H28N2. The van der Waals surface area contributed by atoms with Crippen molar-refractivity contribution in [3.63, 3.8) is 0 Å². The van der Waals surface area contributed by atoms with Crippen LogP contribution in [0, 0.1) is 5.92 Å². The molecule has 0 amide bonds. The molecule has 0 saturated heterocycles. The number of nitrogens with zero attached hydrogens (tertiary/aromatic N) is 1. The summed E-state index contributed by atoms with van der Waals surface area (Å²) >= 11 is 0. The van der Waals surface area contributed by atoms with Crippen LogP contribution in [-0.4, -0.2) is 27.2 Å². The molecule has 18 heavy (non-hydrogen) atoms. The lowest BCUT2D eigenvalue weighted by molar-refractivity contribution is 0.535. The minimum atomic E-state index is 0.753. The van der Waals surface area contributed by atoms with Crippen LogP contribution in [0.1, 0.15) is 32.3 Å². The number of aryl methyl sites for hydroxylation is 1. The number of anilines is 1. The summed E-state index contributed by atoms with van der Waals surface area (Å²) in [7, 11) is 4.16. The van der Waals surface area contributed by atoms with Gasteiger partial charge in [0.2, 0.25) is 0 Å². The Morgan fingerprint density at radius 1 is 1.06 bits per heavy atom. The first kappa shape index (κ1) is 15.0. The summed E-state index contributed by atoms with van der Waals surface area (Å²) in [6.45, 7) is 6.78. The van der Waals surface area contributed by atoms with Crippen molar-refractivity contribution in [1.29, 1.82) is 0 Å². The van der Waals surface area contributed by atoms with Crippen molar-refractivity contribution in [1.82, 2.24) is 5.32 Å². The van der Waals surface area contributed by atoms with Crippen molar-refractivity contribution in [2.45, 2.75) is 33.1 Å². The average molecular weight is 248 g/mol. The van der Waals surface area contributed by atoms with E-state index in [9.17, 15) is 0 Å². The quantitative estimate of drug-likeness (QED) is 0.710. The Hall–Kier alpha value is -1.02. The van der Waals surface area contributed by atoms with Gasteiger partial charge in [-0.15, -0.1) is 0 Å². The second kappa shape index (κ2) is 8.15. The molecule has 1 N–H and O–H groups in total. The monoisotopic (exact) mass is 248 g/mol. The number of hydrogen-bond acceptors (Lipinski definition) is 2. The van der Waals surface area contributed by atoms with E-state index in [4.69, 9.17) is 0 Å². The van der Waals surface area contributed by atoms with Crippen LogP contribution >= 0.6 is 0 Å². The molecule has 2 nitrogen and oxygen atoms in total. The molecule has 0 aromatic heterocycles. The highest BCUT2D eigenvalue weighted by Crippen LogP contribution is 2.13. The van der Waals surface area contributed by atoms with Crippen molar-refractivity contribution >= 4 is 5.69 Å². The van der Waals surface area contributed by atoms with Crippen LogP contribution in [-0.2, 0) is 6.42 Å². The third-order valence-electron chi connectivity index (χ3n) is 3.07. The van der Waals surface area contributed by atoms with E-state index >= 15 is 0 Å². The first-order valence-corrected chi connectivity index (χ1v) is 7.06. The van der Waals surface area contributed by atoms with E-state index < -0.39 is 0 Å². The lowest BCUT2D eigenvalue weighted by Crippen LogP contribution is -2.20. The largest absolute Gasteiger partial charge is 0.378 e. The Kier molecular flexibility index (Phi) is 6.81. The van der Waals surface area contributed by atoms with E-state index in [1.807, 2.05) is 0 Å². The molecule has 1 aromatic carbocycles. The summed E-state index contributed by atoms with van der Waals surface area (Å²) in [5, 5.41) is 3.49. The van der Waals surface area contributed by atoms with Gasteiger partial charge < -0.3 is 10.2 Å². The van der Waals surface area contributed by atoms with Gasteiger partial charge in [-0.2, -0.15) is 0 Å². The fourth-order valence-electron chi connectivity index (χ4n) is 1.93. The minimum absolute atomic E-state index is 0.753. The summed E-state index contributed by atoms with van der Waals surface area (Å²) in [5.41, 5.74) is 2.72. The molecule has 0 saturated carbocycles. The van der Waals surface area contributed by atoms with Gasteiger partial charge in [0.15, 0.2) is 0 Å². The van der Waals surface area contributed by atoms with Gasteiger partial charge in [-0.3, -0.25) is 0 Å². The van der Waals surface area contributed by atoms with Gasteiger partial charge in [-0.1, -0.05) is 26.0 Å².